The van der Waals surface area contributed by atoms with Crippen LogP contribution in [0, 0.1) is 11.3 Å². The fourth-order valence-electron chi connectivity index (χ4n) is 3.85. The van der Waals surface area contributed by atoms with Crippen LogP contribution in [0.2, 0.25) is 0 Å². The monoisotopic (exact) mass is 493 g/mol. The predicted molar refractivity (Wildman–Crippen MR) is 139 cm³/mol. The smallest absolute Gasteiger partial charge is 0.187 e. The van der Waals surface area contributed by atoms with Crippen LogP contribution in [0.3, 0.4) is 0 Å². The Bertz CT molecular complexity index is 1030. The number of hydrogen-bond acceptors (Lipinski definition) is 7. The predicted octanol–water partition coefficient (Wildman–Crippen LogP) is 6.27. The van der Waals surface area contributed by atoms with Gasteiger partial charge in [-0.25, -0.2) is 4.98 Å². The van der Waals surface area contributed by atoms with E-state index in [0.717, 1.165) is 43.6 Å². The molecule has 1 atom stereocenters. The maximum atomic E-state index is 7.71. The molecule has 2 aromatic heterocycles. The number of halogens is 1. The lowest BCUT2D eigenvalue weighted by Gasteiger charge is -2.30. The van der Waals surface area contributed by atoms with Gasteiger partial charge in [-0.3, -0.25) is 10.3 Å². The van der Waals surface area contributed by atoms with E-state index in [-0.39, 0.29) is 18.2 Å². The number of aromatic nitrogens is 1. The Kier molecular flexibility index (Phi) is 8.41. The number of piperidine rings is 1. The Morgan fingerprint density at radius 2 is 2.23 bits per heavy atom. The van der Waals surface area contributed by atoms with Gasteiger partial charge in [0.15, 0.2) is 5.13 Å². The number of thioether (sulfide) groups is 1. The van der Waals surface area contributed by atoms with Crippen molar-refractivity contribution < 1.29 is 0 Å². The Hall–Kier alpha value is -1.58. The number of thiazole rings is 1. The molecule has 9 heteroatoms. The van der Waals surface area contributed by atoms with Crippen molar-refractivity contribution >= 4 is 63.5 Å². The Morgan fingerprint density at radius 1 is 1.39 bits per heavy atom. The molecule has 0 bridgehead atoms. The van der Waals surface area contributed by atoms with E-state index in [1.54, 1.807) is 34.4 Å². The summed E-state index contributed by atoms with van der Waals surface area (Å²) in [5.74, 6) is 0.899. The quantitative estimate of drug-likeness (QED) is 0.205. The van der Waals surface area contributed by atoms with Crippen molar-refractivity contribution in [2.24, 2.45) is 11.7 Å². The molecular formula is C22H28ClN5S3. The number of rotatable bonds is 7. The zero-order valence-electron chi connectivity index (χ0n) is 17.7. The molecule has 1 fully saturated rings. The third-order valence-corrected chi connectivity index (χ3v) is 8.32. The Balaban J connectivity index is 0.00000272. The highest BCUT2D eigenvalue weighted by Crippen LogP contribution is 2.39. The highest BCUT2D eigenvalue weighted by molar-refractivity contribution is 8.00. The van der Waals surface area contributed by atoms with Gasteiger partial charge in [0.05, 0.1) is 14.8 Å². The number of likely N-dealkylation sites (tertiary alicyclic amines) is 1. The maximum absolute atomic E-state index is 7.71. The van der Waals surface area contributed by atoms with E-state index in [2.05, 4.69) is 46.8 Å². The minimum atomic E-state index is 0. The largest absolute Gasteiger partial charge is 0.383 e. The van der Waals surface area contributed by atoms with Crippen molar-refractivity contribution in [2.75, 3.05) is 24.7 Å². The molecule has 0 spiro atoms. The Labute approximate surface area is 202 Å². The van der Waals surface area contributed by atoms with E-state index in [1.165, 1.54) is 31.5 Å². The molecule has 4 rings (SSSR count). The number of anilines is 2. The molecular weight excluding hydrogens is 466 g/mol. The number of amidine groups is 1. The molecule has 0 saturated carbocycles. The molecule has 4 N–H and O–H groups in total. The molecule has 1 saturated heterocycles. The minimum absolute atomic E-state index is 0. The molecule has 0 amide bonds. The van der Waals surface area contributed by atoms with Gasteiger partial charge >= 0.3 is 0 Å². The average Bonchev–Trinajstić information content (AvgIpc) is 3.35. The van der Waals surface area contributed by atoms with Crippen LogP contribution in [-0.4, -0.2) is 35.1 Å². The summed E-state index contributed by atoms with van der Waals surface area (Å²) in [6.45, 7) is 5.73. The standard InChI is InChI=1S/C22H27N5S3.ClH/c1-14-5-4-8-27(11-14)12-15-6-3-7-16(9-15)25-22-26-18(13-29-22)17-10-19(20(23)24)30-21(17)28-2;/h3,6-7,9-10,13-14H,4-5,8,11-12H2,1-2H3,(H3,23,24)(H,25,26);1H. The van der Waals surface area contributed by atoms with Gasteiger partial charge in [0, 0.05) is 29.7 Å². The fourth-order valence-corrected chi connectivity index (χ4v) is 6.33. The maximum Gasteiger partial charge on any atom is 0.187 e. The lowest BCUT2D eigenvalue weighted by atomic mass is 10.00. The molecule has 3 heterocycles. The first-order valence-electron chi connectivity index (χ1n) is 10.1. The summed E-state index contributed by atoms with van der Waals surface area (Å²) in [7, 11) is 0. The number of nitrogens with two attached hydrogens (primary N) is 1. The van der Waals surface area contributed by atoms with E-state index in [1.807, 2.05) is 12.3 Å². The van der Waals surface area contributed by atoms with Crippen LogP contribution in [0.5, 0.6) is 0 Å². The Morgan fingerprint density at radius 3 is 2.97 bits per heavy atom. The number of benzene rings is 1. The molecule has 1 aromatic carbocycles. The topological polar surface area (TPSA) is 78.0 Å². The molecule has 5 nitrogen and oxygen atoms in total. The second-order valence-corrected chi connectivity index (χ2v) is 10.8. The third-order valence-electron chi connectivity index (χ3n) is 5.25. The number of nitrogens with one attached hydrogen (secondary N) is 2. The summed E-state index contributed by atoms with van der Waals surface area (Å²) in [6, 6.07) is 10.6. The van der Waals surface area contributed by atoms with E-state index < -0.39 is 0 Å². The summed E-state index contributed by atoms with van der Waals surface area (Å²) in [6.07, 6.45) is 4.69. The van der Waals surface area contributed by atoms with Gasteiger partial charge in [-0.1, -0.05) is 19.1 Å². The van der Waals surface area contributed by atoms with Crippen molar-refractivity contribution in [2.45, 2.75) is 30.5 Å². The summed E-state index contributed by atoms with van der Waals surface area (Å²) in [4.78, 5) is 8.14. The van der Waals surface area contributed by atoms with Gasteiger partial charge in [0.25, 0.3) is 0 Å². The van der Waals surface area contributed by atoms with Gasteiger partial charge < -0.3 is 11.1 Å². The van der Waals surface area contributed by atoms with E-state index in [9.17, 15) is 0 Å². The van der Waals surface area contributed by atoms with Crippen molar-refractivity contribution in [1.29, 1.82) is 5.41 Å². The molecule has 0 aliphatic carbocycles. The second kappa shape index (κ2) is 10.8. The molecule has 31 heavy (non-hydrogen) atoms. The van der Waals surface area contributed by atoms with Gasteiger partial charge in [-0.2, -0.15) is 0 Å². The zero-order valence-corrected chi connectivity index (χ0v) is 20.9. The van der Waals surface area contributed by atoms with Gasteiger partial charge in [0.1, 0.15) is 5.84 Å². The van der Waals surface area contributed by atoms with Crippen LogP contribution in [-0.2, 0) is 6.54 Å². The first-order valence-corrected chi connectivity index (χ1v) is 13.0. The molecule has 1 aliphatic rings. The van der Waals surface area contributed by atoms with Crippen molar-refractivity contribution in [3.63, 3.8) is 0 Å². The molecule has 0 radical (unpaired) electrons. The summed E-state index contributed by atoms with van der Waals surface area (Å²) in [5, 5.41) is 14.1. The fraction of sp³-hybridized carbons (Fsp3) is 0.364. The van der Waals surface area contributed by atoms with Crippen LogP contribution < -0.4 is 11.1 Å². The van der Waals surface area contributed by atoms with Crippen LogP contribution in [0.4, 0.5) is 10.8 Å². The van der Waals surface area contributed by atoms with Gasteiger partial charge in [0.2, 0.25) is 0 Å². The van der Waals surface area contributed by atoms with Gasteiger partial charge in [-0.15, -0.1) is 46.8 Å². The van der Waals surface area contributed by atoms with Crippen LogP contribution in [0.1, 0.15) is 30.2 Å². The summed E-state index contributed by atoms with van der Waals surface area (Å²) < 4.78 is 1.13. The van der Waals surface area contributed by atoms with E-state index in [0.29, 0.717) is 0 Å². The molecule has 1 unspecified atom stereocenters. The highest BCUT2D eigenvalue weighted by Gasteiger charge is 2.17. The number of nitrogen functional groups attached to an aromatic ring is 1. The first-order chi connectivity index (χ1) is 14.5. The summed E-state index contributed by atoms with van der Waals surface area (Å²) >= 11 is 4.81. The SMILES string of the molecule is CSc1sc(C(=N)N)cc1-c1csc(Nc2cccc(CN3CCCC(C)C3)c2)n1.Cl. The number of nitrogens with zero attached hydrogens (tertiary/aromatic N) is 2. The van der Waals surface area contributed by atoms with Crippen LogP contribution in [0.15, 0.2) is 39.9 Å². The molecule has 1 aliphatic heterocycles. The number of hydrogen-bond donors (Lipinski definition) is 3. The second-order valence-electron chi connectivity index (χ2n) is 7.78. The van der Waals surface area contributed by atoms with Gasteiger partial charge in [-0.05, 0) is 55.3 Å². The molecule has 166 valence electrons. The zero-order chi connectivity index (χ0) is 21.1. The summed E-state index contributed by atoms with van der Waals surface area (Å²) in [5.41, 5.74) is 10.1. The third kappa shape index (κ3) is 6.02. The normalized spacial score (nSPS) is 16.6. The van der Waals surface area contributed by atoms with Crippen molar-refractivity contribution in [3.05, 3.63) is 46.2 Å². The molecule has 3 aromatic rings. The minimum Gasteiger partial charge on any atom is -0.383 e. The highest BCUT2D eigenvalue weighted by atomic mass is 35.5. The van der Waals surface area contributed by atoms with Crippen molar-refractivity contribution in [1.82, 2.24) is 9.88 Å². The van der Waals surface area contributed by atoms with Crippen LogP contribution >= 0.6 is 46.8 Å². The van der Waals surface area contributed by atoms with E-state index >= 15 is 0 Å². The average molecular weight is 494 g/mol. The van der Waals surface area contributed by atoms with E-state index in [4.69, 9.17) is 16.1 Å². The van der Waals surface area contributed by atoms with Crippen LogP contribution in [0.25, 0.3) is 11.3 Å². The first kappa shape index (κ1) is 24.1. The van der Waals surface area contributed by atoms with Crippen molar-refractivity contribution in [3.8, 4) is 11.3 Å². The lowest BCUT2D eigenvalue weighted by Crippen LogP contribution is -2.33. The number of thiophene rings is 1. The lowest BCUT2D eigenvalue weighted by molar-refractivity contribution is 0.176.